The zero-order valence-electron chi connectivity index (χ0n) is 14.9. The third kappa shape index (κ3) is 5.37. The van der Waals surface area contributed by atoms with Gasteiger partial charge in [-0.05, 0) is 31.5 Å². The van der Waals surface area contributed by atoms with Crippen molar-refractivity contribution in [2.75, 3.05) is 18.4 Å². The SMILES string of the molecule is CC(=O)Nc1ncc(CN2CCC(C(=O)NCc3ccccc3)CC2)s1. The largest absolute Gasteiger partial charge is 0.352 e. The number of aromatic nitrogens is 1. The summed E-state index contributed by atoms with van der Waals surface area (Å²) in [7, 11) is 0. The van der Waals surface area contributed by atoms with Gasteiger partial charge in [0.1, 0.15) is 0 Å². The number of rotatable bonds is 6. The highest BCUT2D eigenvalue weighted by Crippen LogP contribution is 2.23. The molecule has 2 N–H and O–H groups in total. The molecule has 1 fully saturated rings. The lowest BCUT2D eigenvalue weighted by Gasteiger charge is -2.30. The number of nitrogens with one attached hydrogen (secondary N) is 2. The molecule has 1 aliphatic heterocycles. The minimum atomic E-state index is -0.103. The number of anilines is 1. The molecule has 3 rings (SSSR count). The molecule has 138 valence electrons. The van der Waals surface area contributed by atoms with E-state index in [9.17, 15) is 9.59 Å². The first-order chi connectivity index (χ1) is 12.6. The average Bonchev–Trinajstić information content (AvgIpc) is 3.07. The highest BCUT2D eigenvalue weighted by molar-refractivity contribution is 7.15. The molecule has 1 aromatic heterocycles. The summed E-state index contributed by atoms with van der Waals surface area (Å²) in [6.45, 7) is 4.69. The highest BCUT2D eigenvalue weighted by Gasteiger charge is 2.25. The zero-order chi connectivity index (χ0) is 18.4. The Morgan fingerprint density at radius 2 is 1.96 bits per heavy atom. The summed E-state index contributed by atoms with van der Waals surface area (Å²) in [5.41, 5.74) is 1.12. The van der Waals surface area contributed by atoms with E-state index in [1.807, 2.05) is 36.5 Å². The number of hydrogen-bond donors (Lipinski definition) is 2. The van der Waals surface area contributed by atoms with Crippen LogP contribution in [0.15, 0.2) is 36.5 Å². The van der Waals surface area contributed by atoms with E-state index in [2.05, 4.69) is 20.5 Å². The molecule has 1 aliphatic rings. The Bertz CT molecular complexity index is 739. The topological polar surface area (TPSA) is 74.3 Å². The fourth-order valence-electron chi connectivity index (χ4n) is 3.09. The van der Waals surface area contributed by atoms with Crippen molar-refractivity contribution in [1.82, 2.24) is 15.2 Å². The standard InChI is InChI=1S/C19H24N4O2S/c1-14(24)22-19-21-12-17(26-19)13-23-9-7-16(8-10-23)18(25)20-11-15-5-3-2-4-6-15/h2-6,12,16H,7-11,13H2,1H3,(H,20,25)(H,21,22,24). The highest BCUT2D eigenvalue weighted by atomic mass is 32.1. The van der Waals surface area contributed by atoms with Crippen LogP contribution in [0, 0.1) is 5.92 Å². The van der Waals surface area contributed by atoms with Crippen molar-refractivity contribution in [2.24, 2.45) is 5.92 Å². The summed E-state index contributed by atoms with van der Waals surface area (Å²) in [4.78, 5) is 31.1. The summed E-state index contributed by atoms with van der Waals surface area (Å²) in [5, 5.41) is 6.40. The summed E-state index contributed by atoms with van der Waals surface area (Å²) in [6, 6.07) is 9.98. The van der Waals surface area contributed by atoms with Crippen LogP contribution >= 0.6 is 11.3 Å². The Kier molecular flexibility index (Phi) is 6.35. The molecule has 6 nitrogen and oxygen atoms in total. The van der Waals surface area contributed by atoms with Gasteiger partial charge in [-0.3, -0.25) is 14.5 Å². The number of hydrogen-bond acceptors (Lipinski definition) is 5. The van der Waals surface area contributed by atoms with E-state index in [-0.39, 0.29) is 17.7 Å². The molecular weight excluding hydrogens is 348 g/mol. The van der Waals surface area contributed by atoms with Crippen LogP contribution in [0.25, 0.3) is 0 Å². The number of piperidine rings is 1. The molecule has 1 aromatic carbocycles. The summed E-state index contributed by atoms with van der Waals surface area (Å²) >= 11 is 1.50. The molecule has 7 heteroatoms. The monoisotopic (exact) mass is 372 g/mol. The Morgan fingerprint density at radius 3 is 2.65 bits per heavy atom. The van der Waals surface area contributed by atoms with Crippen molar-refractivity contribution in [3.8, 4) is 0 Å². The number of benzene rings is 1. The van der Waals surface area contributed by atoms with Gasteiger partial charge in [-0.2, -0.15) is 0 Å². The third-order valence-corrected chi connectivity index (χ3v) is 5.38. The second-order valence-electron chi connectivity index (χ2n) is 6.57. The molecule has 2 heterocycles. The van der Waals surface area contributed by atoms with Crippen molar-refractivity contribution in [1.29, 1.82) is 0 Å². The van der Waals surface area contributed by atoms with Crippen molar-refractivity contribution in [3.05, 3.63) is 47.0 Å². The molecule has 2 amide bonds. The van der Waals surface area contributed by atoms with Gasteiger partial charge < -0.3 is 10.6 Å². The average molecular weight is 372 g/mol. The van der Waals surface area contributed by atoms with Crippen LogP contribution in [-0.2, 0) is 22.7 Å². The van der Waals surface area contributed by atoms with E-state index in [0.29, 0.717) is 11.7 Å². The quantitative estimate of drug-likeness (QED) is 0.817. The van der Waals surface area contributed by atoms with Crippen LogP contribution < -0.4 is 10.6 Å². The van der Waals surface area contributed by atoms with Gasteiger partial charge >= 0.3 is 0 Å². The molecule has 1 saturated heterocycles. The Labute approximate surface area is 157 Å². The van der Waals surface area contributed by atoms with Gasteiger partial charge in [0.2, 0.25) is 11.8 Å². The van der Waals surface area contributed by atoms with Gasteiger partial charge in [-0.25, -0.2) is 4.98 Å². The number of carbonyl (C=O) groups is 2. The zero-order valence-corrected chi connectivity index (χ0v) is 15.7. The van der Waals surface area contributed by atoms with Gasteiger partial charge in [-0.15, -0.1) is 11.3 Å². The number of likely N-dealkylation sites (tertiary alicyclic amines) is 1. The van der Waals surface area contributed by atoms with Crippen molar-refractivity contribution < 1.29 is 9.59 Å². The summed E-state index contributed by atoms with van der Waals surface area (Å²) < 4.78 is 0. The van der Waals surface area contributed by atoms with Gasteiger partial charge in [0.15, 0.2) is 5.13 Å². The number of amides is 2. The molecule has 0 saturated carbocycles. The maximum Gasteiger partial charge on any atom is 0.223 e. The first kappa shape index (κ1) is 18.5. The van der Waals surface area contributed by atoms with Crippen LogP contribution in [0.2, 0.25) is 0 Å². The molecule has 0 aliphatic carbocycles. The summed E-state index contributed by atoms with van der Waals surface area (Å²) in [5.74, 6) is 0.138. The van der Waals surface area contributed by atoms with Crippen LogP contribution in [-0.4, -0.2) is 34.8 Å². The van der Waals surface area contributed by atoms with Crippen LogP contribution in [0.3, 0.4) is 0 Å². The minimum absolute atomic E-state index is 0.0892. The van der Waals surface area contributed by atoms with E-state index >= 15 is 0 Å². The van der Waals surface area contributed by atoms with Gasteiger partial charge in [-0.1, -0.05) is 30.3 Å². The van der Waals surface area contributed by atoms with Crippen LogP contribution in [0.5, 0.6) is 0 Å². The fraction of sp³-hybridized carbons (Fsp3) is 0.421. The Balaban J connectivity index is 1.41. The normalized spacial score (nSPS) is 15.6. The lowest BCUT2D eigenvalue weighted by atomic mass is 9.96. The molecule has 0 atom stereocenters. The first-order valence-corrected chi connectivity index (χ1v) is 9.68. The van der Waals surface area contributed by atoms with E-state index in [1.54, 1.807) is 0 Å². The number of carbonyl (C=O) groups excluding carboxylic acids is 2. The number of nitrogens with zero attached hydrogens (tertiary/aromatic N) is 2. The fourth-order valence-corrected chi connectivity index (χ4v) is 3.99. The Morgan fingerprint density at radius 1 is 1.23 bits per heavy atom. The predicted molar refractivity (Wildman–Crippen MR) is 103 cm³/mol. The minimum Gasteiger partial charge on any atom is -0.352 e. The lowest BCUT2D eigenvalue weighted by molar-refractivity contribution is -0.126. The Hall–Kier alpha value is -2.25. The molecule has 0 bridgehead atoms. The van der Waals surface area contributed by atoms with Crippen molar-refractivity contribution >= 4 is 28.3 Å². The molecule has 26 heavy (non-hydrogen) atoms. The van der Waals surface area contributed by atoms with E-state index in [4.69, 9.17) is 0 Å². The van der Waals surface area contributed by atoms with Crippen molar-refractivity contribution in [2.45, 2.75) is 32.9 Å². The maximum atomic E-state index is 12.4. The summed E-state index contributed by atoms with van der Waals surface area (Å²) in [6.07, 6.45) is 3.56. The van der Waals surface area contributed by atoms with E-state index in [1.165, 1.54) is 18.3 Å². The second-order valence-corrected chi connectivity index (χ2v) is 7.68. The lowest BCUT2D eigenvalue weighted by Crippen LogP contribution is -2.39. The third-order valence-electron chi connectivity index (χ3n) is 4.48. The maximum absolute atomic E-state index is 12.4. The van der Waals surface area contributed by atoms with Gasteiger partial charge in [0.25, 0.3) is 0 Å². The molecule has 2 aromatic rings. The molecular formula is C19H24N4O2S. The molecule has 0 unspecified atom stereocenters. The predicted octanol–water partition coefficient (Wildman–Crippen LogP) is 2.63. The van der Waals surface area contributed by atoms with E-state index in [0.717, 1.165) is 42.9 Å². The van der Waals surface area contributed by atoms with Gasteiger partial charge in [0, 0.05) is 37.0 Å². The second kappa shape index (κ2) is 8.91. The van der Waals surface area contributed by atoms with Crippen molar-refractivity contribution in [3.63, 3.8) is 0 Å². The van der Waals surface area contributed by atoms with E-state index < -0.39 is 0 Å². The smallest absolute Gasteiger partial charge is 0.223 e. The first-order valence-electron chi connectivity index (χ1n) is 8.86. The van der Waals surface area contributed by atoms with Gasteiger partial charge in [0.05, 0.1) is 0 Å². The van der Waals surface area contributed by atoms with Crippen LogP contribution in [0.4, 0.5) is 5.13 Å². The molecule has 0 spiro atoms. The van der Waals surface area contributed by atoms with Crippen LogP contribution in [0.1, 0.15) is 30.2 Å². The molecule has 0 radical (unpaired) electrons. The number of thiazole rings is 1.